The molecular weight excluding hydrogens is 266 g/mol. The molecular formula is C16H23N3O2. The van der Waals surface area contributed by atoms with E-state index in [4.69, 9.17) is 10.9 Å². The Balaban J connectivity index is 2.26. The normalized spacial score (nSPS) is 20.1. The van der Waals surface area contributed by atoms with Crippen LogP contribution in [-0.4, -0.2) is 24.0 Å². The van der Waals surface area contributed by atoms with Crippen LogP contribution in [0.3, 0.4) is 0 Å². The number of nitrogens with zero attached hydrogens (tertiary/aromatic N) is 2. The molecule has 1 amide bonds. The zero-order chi connectivity index (χ0) is 16.0. The number of carbonyl (C=O) groups is 1. The van der Waals surface area contributed by atoms with Crippen molar-refractivity contribution in [1.82, 2.24) is 0 Å². The number of amidine groups is 1. The third kappa shape index (κ3) is 2.26. The SMILES string of the molecule is CN(C(=O)C1C(C)(C)C1(C)C)c1cccc(C(N)=NO)c1. The smallest absolute Gasteiger partial charge is 0.230 e. The molecule has 0 radical (unpaired) electrons. The Hall–Kier alpha value is -2.04. The van der Waals surface area contributed by atoms with Gasteiger partial charge in [0, 0.05) is 24.2 Å². The molecule has 0 aliphatic heterocycles. The zero-order valence-electron chi connectivity index (χ0n) is 13.2. The molecule has 0 heterocycles. The van der Waals surface area contributed by atoms with Gasteiger partial charge >= 0.3 is 0 Å². The molecule has 1 saturated carbocycles. The zero-order valence-corrected chi connectivity index (χ0v) is 13.2. The summed E-state index contributed by atoms with van der Waals surface area (Å²) in [5, 5.41) is 11.7. The summed E-state index contributed by atoms with van der Waals surface area (Å²) in [5.74, 6) is 0.133. The molecule has 2 rings (SSSR count). The van der Waals surface area contributed by atoms with Crippen LogP contribution in [0.15, 0.2) is 29.4 Å². The number of hydrogen-bond donors (Lipinski definition) is 2. The maximum absolute atomic E-state index is 12.7. The van der Waals surface area contributed by atoms with Crippen LogP contribution in [0.2, 0.25) is 0 Å². The molecule has 5 nitrogen and oxygen atoms in total. The van der Waals surface area contributed by atoms with E-state index in [9.17, 15) is 4.79 Å². The molecule has 0 aromatic heterocycles. The van der Waals surface area contributed by atoms with E-state index in [0.29, 0.717) is 5.56 Å². The lowest BCUT2D eigenvalue weighted by molar-refractivity contribution is -0.120. The van der Waals surface area contributed by atoms with Crippen molar-refractivity contribution in [2.24, 2.45) is 27.6 Å². The number of anilines is 1. The summed E-state index contributed by atoms with van der Waals surface area (Å²) in [6.07, 6.45) is 0. The second-order valence-corrected chi connectivity index (χ2v) is 6.81. The van der Waals surface area contributed by atoms with E-state index in [1.807, 2.05) is 6.07 Å². The van der Waals surface area contributed by atoms with Gasteiger partial charge < -0.3 is 15.8 Å². The summed E-state index contributed by atoms with van der Waals surface area (Å²) in [6, 6.07) is 7.11. The van der Waals surface area contributed by atoms with Crippen molar-refractivity contribution >= 4 is 17.4 Å². The molecule has 0 unspecified atom stereocenters. The van der Waals surface area contributed by atoms with Gasteiger partial charge in [-0.15, -0.1) is 0 Å². The van der Waals surface area contributed by atoms with E-state index >= 15 is 0 Å². The van der Waals surface area contributed by atoms with Gasteiger partial charge in [0.15, 0.2) is 5.84 Å². The largest absolute Gasteiger partial charge is 0.409 e. The predicted octanol–water partition coefficient (Wildman–Crippen LogP) is 2.43. The van der Waals surface area contributed by atoms with Crippen LogP contribution >= 0.6 is 0 Å². The van der Waals surface area contributed by atoms with Crippen molar-refractivity contribution < 1.29 is 10.0 Å². The Morgan fingerprint density at radius 2 is 1.86 bits per heavy atom. The summed E-state index contributed by atoms with van der Waals surface area (Å²) < 4.78 is 0. The van der Waals surface area contributed by atoms with Crippen LogP contribution in [0, 0.1) is 16.7 Å². The molecule has 0 bridgehead atoms. The number of carbonyl (C=O) groups excluding carboxylic acids is 1. The number of amides is 1. The van der Waals surface area contributed by atoms with E-state index in [1.165, 1.54) is 0 Å². The van der Waals surface area contributed by atoms with Crippen molar-refractivity contribution in [2.45, 2.75) is 27.7 Å². The first-order valence-corrected chi connectivity index (χ1v) is 7.00. The molecule has 0 saturated heterocycles. The molecule has 1 aliphatic rings. The summed E-state index contributed by atoms with van der Waals surface area (Å²) in [4.78, 5) is 14.4. The number of nitrogens with two attached hydrogens (primary N) is 1. The number of oxime groups is 1. The van der Waals surface area contributed by atoms with Gasteiger partial charge in [-0.25, -0.2) is 0 Å². The van der Waals surface area contributed by atoms with Crippen LogP contribution in [0.5, 0.6) is 0 Å². The molecule has 1 aromatic carbocycles. The van der Waals surface area contributed by atoms with Crippen LogP contribution < -0.4 is 10.6 Å². The Labute approximate surface area is 125 Å². The molecule has 21 heavy (non-hydrogen) atoms. The monoisotopic (exact) mass is 289 g/mol. The standard InChI is InChI=1S/C16H23N3O2/c1-15(2)12(16(15,3)4)14(20)19(5)11-8-6-7-10(9-11)13(17)18-21/h6-9,12,21H,1-5H3,(H2,17,18). The van der Waals surface area contributed by atoms with Gasteiger partial charge in [0.25, 0.3) is 0 Å². The lowest BCUT2D eigenvalue weighted by Gasteiger charge is -2.19. The minimum absolute atomic E-state index is 0.00153. The number of rotatable bonds is 3. The summed E-state index contributed by atoms with van der Waals surface area (Å²) in [7, 11) is 1.76. The lowest BCUT2D eigenvalue weighted by atomic mass is 10.0. The third-order valence-electron chi connectivity index (χ3n) is 5.24. The predicted molar refractivity (Wildman–Crippen MR) is 83.4 cm³/mol. The minimum Gasteiger partial charge on any atom is -0.409 e. The molecule has 1 aromatic rings. The highest BCUT2D eigenvalue weighted by Crippen LogP contribution is 2.68. The van der Waals surface area contributed by atoms with Crippen molar-refractivity contribution in [2.75, 3.05) is 11.9 Å². The average molecular weight is 289 g/mol. The fraction of sp³-hybridized carbons (Fsp3) is 0.500. The molecule has 114 valence electrons. The van der Waals surface area contributed by atoms with E-state index < -0.39 is 0 Å². The molecule has 1 fully saturated rings. The fourth-order valence-electron chi connectivity index (χ4n) is 3.07. The quantitative estimate of drug-likeness (QED) is 0.388. The summed E-state index contributed by atoms with van der Waals surface area (Å²) in [6.45, 7) is 8.49. The number of benzene rings is 1. The molecule has 0 spiro atoms. The van der Waals surface area contributed by atoms with E-state index in [2.05, 4.69) is 32.9 Å². The van der Waals surface area contributed by atoms with Gasteiger partial charge in [-0.1, -0.05) is 45.0 Å². The summed E-state index contributed by atoms with van der Waals surface area (Å²) >= 11 is 0. The van der Waals surface area contributed by atoms with Gasteiger partial charge in [-0.05, 0) is 23.0 Å². The average Bonchev–Trinajstić information content (AvgIpc) is 2.86. The first kappa shape index (κ1) is 15.4. The van der Waals surface area contributed by atoms with Crippen molar-refractivity contribution in [3.63, 3.8) is 0 Å². The Bertz CT molecular complexity index is 591. The maximum atomic E-state index is 12.7. The van der Waals surface area contributed by atoms with Crippen LogP contribution in [-0.2, 0) is 4.79 Å². The van der Waals surface area contributed by atoms with E-state index in [0.717, 1.165) is 5.69 Å². The highest BCUT2D eigenvalue weighted by Gasteiger charge is 2.68. The molecule has 1 aliphatic carbocycles. The highest BCUT2D eigenvalue weighted by molar-refractivity contribution is 6.01. The highest BCUT2D eigenvalue weighted by atomic mass is 16.4. The fourth-order valence-corrected chi connectivity index (χ4v) is 3.07. The number of hydrogen-bond acceptors (Lipinski definition) is 3. The molecule has 0 atom stereocenters. The van der Waals surface area contributed by atoms with Crippen molar-refractivity contribution in [1.29, 1.82) is 0 Å². The van der Waals surface area contributed by atoms with Gasteiger partial charge in [-0.3, -0.25) is 4.79 Å². The lowest BCUT2D eigenvalue weighted by Crippen LogP contribution is -2.30. The van der Waals surface area contributed by atoms with Crippen LogP contribution in [0.4, 0.5) is 5.69 Å². The van der Waals surface area contributed by atoms with Crippen molar-refractivity contribution in [3.05, 3.63) is 29.8 Å². The van der Waals surface area contributed by atoms with Gasteiger partial charge in [-0.2, -0.15) is 0 Å². The second-order valence-electron chi connectivity index (χ2n) is 6.81. The molecule has 5 heteroatoms. The van der Waals surface area contributed by atoms with Gasteiger partial charge in [0.2, 0.25) is 5.91 Å². The minimum atomic E-state index is 0.00153. The first-order chi connectivity index (χ1) is 9.64. The van der Waals surface area contributed by atoms with E-state index in [1.54, 1.807) is 30.1 Å². The Morgan fingerprint density at radius 1 is 1.29 bits per heavy atom. The summed E-state index contributed by atoms with van der Waals surface area (Å²) in [5.41, 5.74) is 6.92. The van der Waals surface area contributed by atoms with E-state index in [-0.39, 0.29) is 28.5 Å². The Morgan fingerprint density at radius 3 is 2.33 bits per heavy atom. The van der Waals surface area contributed by atoms with Crippen molar-refractivity contribution in [3.8, 4) is 0 Å². The Kier molecular flexibility index (Phi) is 3.48. The third-order valence-corrected chi connectivity index (χ3v) is 5.24. The molecule has 3 N–H and O–H groups in total. The topological polar surface area (TPSA) is 78.9 Å². The van der Waals surface area contributed by atoms with Crippen LogP contribution in [0.1, 0.15) is 33.3 Å². The first-order valence-electron chi connectivity index (χ1n) is 7.00. The van der Waals surface area contributed by atoms with Gasteiger partial charge in [0.1, 0.15) is 0 Å². The van der Waals surface area contributed by atoms with Crippen LogP contribution in [0.25, 0.3) is 0 Å². The second kappa shape index (κ2) is 4.76. The maximum Gasteiger partial charge on any atom is 0.230 e. The van der Waals surface area contributed by atoms with Gasteiger partial charge in [0.05, 0.1) is 0 Å².